The van der Waals surface area contributed by atoms with Gasteiger partial charge >= 0.3 is 12.2 Å². The summed E-state index contributed by atoms with van der Waals surface area (Å²) >= 11 is 12.0. The first-order chi connectivity index (χ1) is 15.6. The predicted octanol–water partition coefficient (Wildman–Crippen LogP) is 6.38. The van der Waals surface area contributed by atoms with Crippen LogP contribution >= 0.6 is 23.2 Å². The maximum absolute atomic E-state index is 13.2. The molecule has 0 heterocycles. The van der Waals surface area contributed by atoms with Crippen molar-refractivity contribution < 1.29 is 22.8 Å². The number of rotatable bonds is 6. The zero-order chi connectivity index (χ0) is 24.0. The molecule has 0 saturated carbocycles. The Labute approximate surface area is 197 Å². The lowest BCUT2D eigenvalue weighted by Gasteiger charge is -2.20. The Balaban J connectivity index is 1.79. The van der Waals surface area contributed by atoms with Gasteiger partial charge in [-0.1, -0.05) is 65.7 Å². The molecule has 0 aliphatic rings. The van der Waals surface area contributed by atoms with Gasteiger partial charge in [-0.2, -0.15) is 13.2 Å². The topological polar surface area (TPSA) is 70.2 Å². The summed E-state index contributed by atoms with van der Waals surface area (Å²) in [5, 5.41) is 7.80. The molecule has 5 nitrogen and oxygen atoms in total. The monoisotopic (exact) mass is 495 g/mol. The first-order valence-electron chi connectivity index (χ1n) is 9.67. The van der Waals surface area contributed by atoms with E-state index >= 15 is 0 Å². The van der Waals surface area contributed by atoms with E-state index in [-0.39, 0.29) is 17.1 Å². The number of para-hydroxylation sites is 1. The summed E-state index contributed by atoms with van der Waals surface area (Å²) in [7, 11) is 0. The van der Waals surface area contributed by atoms with Gasteiger partial charge in [-0.15, -0.1) is 0 Å². The van der Waals surface area contributed by atoms with Gasteiger partial charge < -0.3 is 16.0 Å². The zero-order valence-electron chi connectivity index (χ0n) is 16.9. The average molecular weight is 496 g/mol. The van der Waals surface area contributed by atoms with Gasteiger partial charge in [0, 0.05) is 11.4 Å². The summed E-state index contributed by atoms with van der Waals surface area (Å²) in [4.78, 5) is 25.5. The number of anilines is 2. The van der Waals surface area contributed by atoms with Crippen molar-refractivity contribution in [2.75, 3.05) is 10.6 Å². The fourth-order valence-electron chi connectivity index (χ4n) is 3.03. The van der Waals surface area contributed by atoms with Gasteiger partial charge in [0.2, 0.25) is 5.91 Å². The van der Waals surface area contributed by atoms with Crippen molar-refractivity contribution in [2.45, 2.75) is 18.6 Å². The average Bonchev–Trinajstić information content (AvgIpc) is 2.75. The van der Waals surface area contributed by atoms with E-state index in [1.165, 1.54) is 30.3 Å². The number of carbonyl (C=O) groups is 2. The Morgan fingerprint density at radius 3 is 2.18 bits per heavy atom. The maximum Gasteiger partial charge on any atom is 0.418 e. The fraction of sp³-hybridized carbons (Fsp3) is 0.130. The zero-order valence-corrected chi connectivity index (χ0v) is 18.4. The van der Waals surface area contributed by atoms with E-state index in [9.17, 15) is 22.8 Å². The molecule has 3 N–H and O–H groups in total. The van der Waals surface area contributed by atoms with Crippen molar-refractivity contribution in [1.82, 2.24) is 5.32 Å². The fourth-order valence-corrected chi connectivity index (χ4v) is 3.48. The molecule has 3 rings (SSSR count). The van der Waals surface area contributed by atoms with Crippen LogP contribution < -0.4 is 16.0 Å². The van der Waals surface area contributed by atoms with E-state index in [1.54, 1.807) is 30.3 Å². The minimum absolute atomic E-state index is 0.0895. The highest BCUT2D eigenvalue weighted by molar-refractivity contribution is 6.36. The molecule has 0 radical (unpaired) electrons. The molecule has 0 aromatic heterocycles. The van der Waals surface area contributed by atoms with E-state index in [4.69, 9.17) is 23.2 Å². The molecule has 3 amide bonds. The van der Waals surface area contributed by atoms with Gasteiger partial charge in [-0.3, -0.25) is 4.79 Å². The second kappa shape index (κ2) is 10.6. The van der Waals surface area contributed by atoms with E-state index in [1.807, 2.05) is 0 Å². The lowest BCUT2D eigenvalue weighted by Crippen LogP contribution is -2.47. The Morgan fingerprint density at radius 2 is 1.52 bits per heavy atom. The molecule has 3 aromatic rings. The number of alkyl halides is 3. The van der Waals surface area contributed by atoms with E-state index in [2.05, 4.69) is 16.0 Å². The molecule has 0 spiro atoms. The van der Waals surface area contributed by atoms with Gasteiger partial charge in [-0.05, 0) is 35.9 Å². The second-order valence-electron chi connectivity index (χ2n) is 7.00. The number of hydrogen-bond acceptors (Lipinski definition) is 2. The number of halogens is 5. The van der Waals surface area contributed by atoms with Crippen LogP contribution in [0.1, 0.15) is 11.1 Å². The summed E-state index contributed by atoms with van der Waals surface area (Å²) in [5.74, 6) is -0.609. The van der Waals surface area contributed by atoms with Crippen LogP contribution in [0.5, 0.6) is 0 Å². The number of carbonyl (C=O) groups excluding carboxylic acids is 2. The van der Waals surface area contributed by atoms with Crippen LogP contribution in [-0.2, 0) is 17.4 Å². The van der Waals surface area contributed by atoms with Crippen LogP contribution in [0.25, 0.3) is 0 Å². The van der Waals surface area contributed by atoms with Crippen LogP contribution in [0.15, 0.2) is 72.8 Å². The Bertz CT molecular complexity index is 1140. The molecule has 0 aliphatic carbocycles. The molecular weight excluding hydrogens is 478 g/mol. The van der Waals surface area contributed by atoms with Crippen LogP contribution in [0.4, 0.5) is 29.3 Å². The molecule has 10 heteroatoms. The summed E-state index contributed by atoms with van der Waals surface area (Å²) in [6.07, 6.45) is -4.57. The van der Waals surface area contributed by atoms with E-state index in [0.717, 1.165) is 17.7 Å². The Hall–Kier alpha value is -3.23. The number of amides is 3. The minimum Gasteiger partial charge on any atom is -0.326 e. The molecule has 0 saturated heterocycles. The van der Waals surface area contributed by atoms with Crippen molar-refractivity contribution in [3.05, 3.63) is 94.0 Å². The summed E-state index contributed by atoms with van der Waals surface area (Å²) < 4.78 is 39.7. The van der Waals surface area contributed by atoms with Crippen LogP contribution in [0.2, 0.25) is 10.0 Å². The summed E-state index contributed by atoms with van der Waals surface area (Å²) in [5.41, 5.74) is -0.427. The van der Waals surface area contributed by atoms with Crippen molar-refractivity contribution in [2.24, 2.45) is 0 Å². The predicted molar refractivity (Wildman–Crippen MR) is 123 cm³/mol. The standard InChI is InChI=1S/C23H18Cl2F3N3O2/c24-15-10-11-19(17(25)13-15)29-21(32)20(12-14-6-2-1-3-7-14)31-22(33)30-18-9-5-4-8-16(18)23(26,27)28/h1-11,13,20H,12H2,(H,29,32)(H2,30,31,33). The lowest BCUT2D eigenvalue weighted by atomic mass is 10.1. The highest BCUT2D eigenvalue weighted by atomic mass is 35.5. The molecule has 0 aliphatic heterocycles. The SMILES string of the molecule is O=C(Nc1ccccc1C(F)(F)F)NC(Cc1ccccc1)C(=O)Nc1ccc(Cl)cc1Cl. The lowest BCUT2D eigenvalue weighted by molar-refractivity contribution is -0.137. The number of urea groups is 1. The number of nitrogens with one attached hydrogen (secondary N) is 3. The molecule has 33 heavy (non-hydrogen) atoms. The van der Waals surface area contributed by atoms with Crippen LogP contribution in [0.3, 0.4) is 0 Å². The van der Waals surface area contributed by atoms with Crippen LogP contribution in [0, 0.1) is 0 Å². The second-order valence-corrected chi connectivity index (χ2v) is 7.84. The first-order valence-corrected chi connectivity index (χ1v) is 10.4. The Morgan fingerprint density at radius 1 is 0.848 bits per heavy atom. The normalized spacial score (nSPS) is 12.0. The van der Waals surface area contributed by atoms with Crippen molar-refractivity contribution in [3.8, 4) is 0 Å². The molecule has 1 unspecified atom stereocenters. The van der Waals surface area contributed by atoms with Crippen molar-refractivity contribution in [3.63, 3.8) is 0 Å². The van der Waals surface area contributed by atoms with Gasteiger partial charge in [0.25, 0.3) is 0 Å². The third-order valence-corrected chi connectivity index (χ3v) is 5.12. The van der Waals surface area contributed by atoms with Gasteiger partial charge in [-0.25, -0.2) is 4.79 Å². The largest absolute Gasteiger partial charge is 0.418 e. The smallest absolute Gasteiger partial charge is 0.326 e. The quantitative estimate of drug-likeness (QED) is 0.371. The number of benzene rings is 3. The van der Waals surface area contributed by atoms with E-state index < -0.39 is 35.4 Å². The first kappa shape index (κ1) is 24.4. The van der Waals surface area contributed by atoms with Crippen molar-refractivity contribution in [1.29, 1.82) is 0 Å². The highest BCUT2D eigenvalue weighted by Crippen LogP contribution is 2.34. The minimum atomic E-state index is -4.66. The van der Waals surface area contributed by atoms with Gasteiger partial charge in [0.15, 0.2) is 0 Å². The highest BCUT2D eigenvalue weighted by Gasteiger charge is 2.34. The number of hydrogen-bond donors (Lipinski definition) is 3. The van der Waals surface area contributed by atoms with Crippen LogP contribution in [-0.4, -0.2) is 18.0 Å². The molecule has 1 atom stereocenters. The molecule has 172 valence electrons. The third-order valence-electron chi connectivity index (χ3n) is 4.57. The third kappa shape index (κ3) is 6.87. The van der Waals surface area contributed by atoms with E-state index in [0.29, 0.717) is 5.02 Å². The Kier molecular flexibility index (Phi) is 7.84. The van der Waals surface area contributed by atoms with Gasteiger partial charge in [0.05, 0.1) is 22.0 Å². The van der Waals surface area contributed by atoms with Crippen molar-refractivity contribution >= 4 is 46.5 Å². The molecular formula is C23H18Cl2F3N3O2. The molecule has 0 bridgehead atoms. The summed E-state index contributed by atoms with van der Waals surface area (Å²) in [6, 6.07) is 15.8. The van der Waals surface area contributed by atoms with Gasteiger partial charge in [0.1, 0.15) is 6.04 Å². The molecule has 0 fully saturated rings. The molecule has 3 aromatic carbocycles. The maximum atomic E-state index is 13.2. The summed E-state index contributed by atoms with van der Waals surface area (Å²) in [6.45, 7) is 0.